The first kappa shape index (κ1) is 14.7. The van der Waals surface area contributed by atoms with Gasteiger partial charge in [-0.1, -0.05) is 0 Å². The lowest BCUT2D eigenvalue weighted by Gasteiger charge is -2.33. The van der Waals surface area contributed by atoms with Crippen molar-refractivity contribution in [1.82, 2.24) is 10.2 Å². The van der Waals surface area contributed by atoms with Crippen LogP contribution in [0.3, 0.4) is 0 Å². The van der Waals surface area contributed by atoms with E-state index in [1.165, 1.54) is 4.90 Å². The summed E-state index contributed by atoms with van der Waals surface area (Å²) in [5, 5.41) is 11.7. The molecular formula is C11H20N2O5. The summed E-state index contributed by atoms with van der Waals surface area (Å²) in [5.74, 6) is -1.05. The van der Waals surface area contributed by atoms with E-state index in [4.69, 9.17) is 14.6 Å². The molecule has 1 heterocycles. The van der Waals surface area contributed by atoms with Gasteiger partial charge in [0.05, 0.1) is 19.3 Å². The van der Waals surface area contributed by atoms with Crippen LogP contribution in [0.1, 0.15) is 13.8 Å². The van der Waals surface area contributed by atoms with E-state index in [9.17, 15) is 9.59 Å². The highest BCUT2D eigenvalue weighted by Gasteiger charge is 2.32. The Morgan fingerprint density at radius 3 is 2.94 bits per heavy atom. The normalized spacial score (nSPS) is 21.4. The van der Waals surface area contributed by atoms with Gasteiger partial charge in [0.1, 0.15) is 0 Å². The van der Waals surface area contributed by atoms with Gasteiger partial charge in [-0.3, -0.25) is 0 Å². The lowest BCUT2D eigenvalue weighted by Crippen LogP contribution is -2.56. The molecule has 1 saturated heterocycles. The molecule has 2 atom stereocenters. The van der Waals surface area contributed by atoms with E-state index in [0.29, 0.717) is 19.8 Å². The molecule has 0 aliphatic carbocycles. The lowest BCUT2D eigenvalue weighted by molar-refractivity contribution is -0.147. The van der Waals surface area contributed by atoms with Gasteiger partial charge in [0.2, 0.25) is 0 Å². The largest absolute Gasteiger partial charge is 0.480 e. The summed E-state index contributed by atoms with van der Waals surface area (Å²) in [6.45, 7) is 5.33. The molecule has 0 aromatic carbocycles. The van der Waals surface area contributed by atoms with E-state index in [2.05, 4.69) is 5.32 Å². The summed E-state index contributed by atoms with van der Waals surface area (Å²) >= 11 is 0. The number of morpholine rings is 1. The van der Waals surface area contributed by atoms with Gasteiger partial charge >= 0.3 is 12.0 Å². The molecule has 1 aliphatic rings. The summed E-state index contributed by atoms with van der Waals surface area (Å²) < 4.78 is 10.3. The minimum Gasteiger partial charge on any atom is -0.480 e. The number of carboxylic acids is 1. The Morgan fingerprint density at radius 1 is 1.61 bits per heavy atom. The molecule has 0 aromatic heterocycles. The topological polar surface area (TPSA) is 88.1 Å². The van der Waals surface area contributed by atoms with Crippen molar-refractivity contribution in [3.63, 3.8) is 0 Å². The van der Waals surface area contributed by atoms with Gasteiger partial charge in [0.15, 0.2) is 6.04 Å². The fourth-order valence-corrected chi connectivity index (χ4v) is 1.73. The van der Waals surface area contributed by atoms with Crippen molar-refractivity contribution in [3.05, 3.63) is 0 Å². The summed E-state index contributed by atoms with van der Waals surface area (Å²) in [5.41, 5.74) is 0. The van der Waals surface area contributed by atoms with E-state index in [0.717, 1.165) is 0 Å². The fourth-order valence-electron chi connectivity index (χ4n) is 1.73. The van der Waals surface area contributed by atoms with E-state index >= 15 is 0 Å². The van der Waals surface area contributed by atoms with Crippen LogP contribution in [0.15, 0.2) is 0 Å². The molecule has 0 spiro atoms. The van der Waals surface area contributed by atoms with E-state index in [-0.39, 0.29) is 19.3 Å². The van der Waals surface area contributed by atoms with E-state index in [1.54, 1.807) is 0 Å². The first-order valence-corrected chi connectivity index (χ1v) is 6.02. The van der Waals surface area contributed by atoms with Gasteiger partial charge < -0.3 is 24.8 Å². The average Bonchev–Trinajstić information content (AvgIpc) is 2.36. The Balaban J connectivity index is 2.45. The molecule has 2 unspecified atom stereocenters. The first-order valence-electron chi connectivity index (χ1n) is 6.02. The number of carbonyl (C=O) groups is 2. The van der Waals surface area contributed by atoms with Gasteiger partial charge in [0.25, 0.3) is 0 Å². The van der Waals surface area contributed by atoms with Crippen LogP contribution in [0.4, 0.5) is 4.79 Å². The van der Waals surface area contributed by atoms with Crippen molar-refractivity contribution in [2.24, 2.45) is 0 Å². The van der Waals surface area contributed by atoms with Gasteiger partial charge in [-0.25, -0.2) is 9.59 Å². The molecular weight excluding hydrogens is 240 g/mol. The van der Waals surface area contributed by atoms with Crippen LogP contribution in [0.2, 0.25) is 0 Å². The molecule has 0 saturated carbocycles. The zero-order chi connectivity index (χ0) is 13.5. The van der Waals surface area contributed by atoms with Crippen molar-refractivity contribution in [2.45, 2.75) is 26.0 Å². The summed E-state index contributed by atoms with van der Waals surface area (Å²) in [7, 11) is 0. The Hall–Kier alpha value is -1.34. The third-order valence-electron chi connectivity index (χ3n) is 2.67. The number of nitrogens with one attached hydrogen (secondary N) is 1. The summed E-state index contributed by atoms with van der Waals surface area (Å²) in [6.07, 6.45) is -0.0942. The lowest BCUT2D eigenvalue weighted by atomic mass is 10.2. The van der Waals surface area contributed by atoms with Crippen molar-refractivity contribution in [1.29, 1.82) is 0 Å². The number of carbonyl (C=O) groups excluding carboxylic acids is 1. The zero-order valence-electron chi connectivity index (χ0n) is 10.7. The number of hydrogen-bond donors (Lipinski definition) is 2. The second-order valence-electron chi connectivity index (χ2n) is 4.07. The predicted octanol–water partition coefficient (Wildman–Crippen LogP) is -0.0936. The molecule has 2 amide bonds. The standard InChI is InChI=1S/C11H20N2O5/c1-3-18-8(2)6-12-11(16)13-4-5-17-7-9(13)10(14)15/h8-9H,3-7H2,1-2H3,(H,12,16)(H,14,15). The maximum absolute atomic E-state index is 11.9. The Kier molecular flexibility index (Phi) is 5.87. The van der Waals surface area contributed by atoms with Gasteiger partial charge in [0, 0.05) is 19.7 Å². The average molecular weight is 260 g/mol. The Labute approximate surface area is 106 Å². The molecule has 1 fully saturated rings. The monoisotopic (exact) mass is 260 g/mol. The van der Waals surface area contributed by atoms with Gasteiger partial charge in [-0.2, -0.15) is 0 Å². The van der Waals surface area contributed by atoms with Crippen molar-refractivity contribution < 1.29 is 24.2 Å². The van der Waals surface area contributed by atoms with Crippen molar-refractivity contribution in [2.75, 3.05) is 32.9 Å². The number of hydrogen-bond acceptors (Lipinski definition) is 4. The summed E-state index contributed by atoms with van der Waals surface area (Å²) in [6, 6.07) is -1.31. The third kappa shape index (κ3) is 4.15. The van der Waals surface area contributed by atoms with E-state index in [1.807, 2.05) is 13.8 Å². The fraction of sp³-hybridized carbons (Fsp3) is 0.818. The molecule has 0 bridgehead atoms. The smallest absolute Gasteiger partial charge is 0.328 e. The molecule has 1 rings (SSSR count). The predicted molar refractivity (Wildman–Crippen MR) is 63.4 cm³/mol. The molecule has 0 radical (unpaired) electrons. The molecule has 18 heavy (non-hydrogen) atoms. The number of nitrogens with zero attached hydrogens (tertiary/aromatic N) is 1. The van der Waals surface area contributed by atoms with E-state index < -0.39 is 18.0 Å². The number of aliphatic carboxylic acids is 1. The third-order valence-corrected chi connectivity index (χ3v) is 2.67. The maximum atomic E-state index is 11.9. The molecule has 2 N–H and O–H groups in total. The highest BCUT2D eigenvalue weighted by molar-refractivity contribution is 5.83. The number of ether oxygens (including phenoxy) is 2. The quantitative estimate of drug-likeness (QED) is 0.721. The van der Waals surface area contributed by atoms with Crippen LogP contribution in [0, 0.1) is 0 Å². The maximum Gasteiger partial charge on any atom is 0.328 e. The number of rotatable bonds is 5. The van der Waals surface area contributed by atoms with Crippen LogP contribution in [-0.4, -0.2) is 67.1 Å². The molecule has 7 heteroatoms. The van der Waals surface area contributed by atoms with Crippen LogP contribution < -0.4 is 5.32 Å². The Morgan fingerprint density at radius 2 is 2.33 bits per heavy atom. The number of urea groups is 1. The summed E-state index contributed by atoms with van der Waals surface area (Å²) in [4.78, 5) is 24.1. The minimum atomic E-state index is -1.05. The van der Waals surface area contributed by atoms with Crippen LogP contribution in [0.25, 0.3) is 0 Å². The highest BCUT2D eigenvalue weighted by atomic mass is 16.5. The van der Waals surface area contributed by atoms with Crippen LogP contribution in [-0.2, 0) is 14.3 Å². The SMILES string of the molecule is CCOC(C)CNC(=O)N1CCOCC1C(=O)O. The highest BCUT2D eigenvalue weighted by Crippen LogP contribution is 2.07. The molecule has 0 aromatic rings. The molecule has 1 aliphatic heterocycles. The first-order chi connectivity index (χ1) is 8.56. The van der Waals surface area contributed by atoms with Gasteiger partial charge in [-0.15, -0.1) is 0 Å². The Bertz CT molecular complexity index is 297. The van der Waals surface area contributed by atoms with Crippen molar-refractivity contribution in [3.8, 4) is 0 Å². The van der Waals surface area contributed by atoms with Crippen molar-refractivity contribution >= 4 is 12.0 Å². The number of carboxylic acid groups (broad SMARTS) is 1. The zero-order valence-corrected chi connectivity index (χ0v) is 10.7. The molecule has 104 valence electrons. The van der Waals surface area contributed by atoms with Crippen LogP contribution in [0.5, 0.6) is 0 Å². The minimum absolute atomic E-state index is 0.0315. The second kappa shape index (κ2) is 7.17. The van der Waals surface area contributed by atoms with Crippen LogP contribution >= 0.6 is 0 Å². The molecule has 7 nitrogen and oxygen atoms in total. The second-order valence-corrected chi connectivity index (χ2v) is 4.07. The van der Waals surface area contributed by atoms with Gasteiger partial charge in [-0.05, 0) is 13.8 Å². The number of amides is 2.